The lowest BCUT2D eigenvalue weighted by atomic mass is 10.1. The third kappa shape index (κ3) is 3.55. The summed E-state index contributed by atoms with van der Waals surface area (Å²) in [5, 5.41) is 7.24. The average molecular weight is 372 g/mol. The molecule has 0 radical (unpaired) electrons. The number of hydrogen-bond acceptors (Lipinski definition) is 4. The van der Waals surface area contributed by atoms with Gasteiger partial charge in [0.25, 0.3) is 5.56 Å². The number of rotatable bonds is 5. The van der Waals surface area contributed by atoms with Crippen molar-refractivity contribution in [2.75, 3.05) is 0 Å². The molecule has 1 N–H and O–H groups in total. The van der Waals surface area contributed by atoms with Gasteiger partial charge in [-0.05, 0) is 43.7 Å². The van der Waals surface area contributed by atoms with E-state index < -0.39 is 0 Å². The Balaban J connectivity index is 1.61. The second-order valence-corrected chi connectivity index (χ2v) is 6.54. The van der Waals surface area contributed by atoms with Crippen molar-refractivity contribution in [2.45, 2.75) is 20.4 Å². The van der Waals surface area contributed by atoms with E-state index in [4.69, 9.17) is 0 Å². The van der Waals surface area contributed by atoms with Crippen LogP contribution in [0.2, 0.25) is 0 Å². The van der Waals surface area contributed by atoms with Gasteiger partial charge in [0.15, 0.2) is 0 Å². The molecule has 28 heavy (non-hydrogen) atoms. The Morgan fingerprint density at radius 2 is 1.86 bits per heavy atom. The number of aryl methyl sites for hydroxylation is 1. The molecule has 0 aliphatic rings. The number of hydrogen-bond donors (Lipinski definition) is 1. The maximum atomic E-state index is 12.9. The van der Waals surface area contributed by atoms with Gasteiger partial charge in [-0.1, -0.05) is 30.3 Å². The second kappa shape index (κ2) is 7.48. The van der Waals surface area contributed by atoms with Gasteiger partial charge in [-0.2, -0.15) is 5.10 Å². The highest BCUT2D eigenvalue weighted by Gasteiger charge is 2.15. The minimum absolute atomic E-state index is 0.104. The Bertz CT molecular complexity index is 1150. The lowest BCUT2D eigenvalue weighted by Crippen LogP contribution is -2.19. The van der Waals surface area contributed by atoms with Crippen molar-refractivity contribution in [1.29, 1.82) is 0 Å². The van der Waals surface area contributed by atoms with Crippen LogP contribution in [0.5, 0.6) is 0 Å². The molecule has 0 saturated heterocycles. The summed E-state index contributed by atoms with van der Waals surface area (Å²) in [6, 6.07) is 17.4. The molecule has 7 heteroatoms. The smallest absolute Gasteiger partial charge is 0.280 e. The third-order valence-corrected chi connectivity index (χ3v) is 4.49. The Labute approximate surface area is 162 Å². The molecule has 7 nitrogen and oxygen atoms in total. The molecule has 0 aliphatic carbocycles. The second-order valence-electron chi connectivity index (χ2n) is 6.54. The van der Waals surface area contributed by atoms with Crippen LogP contribution in [0.4, 0.5) is 5.69 Å². The Hall–Kier alpha value is -3.74. The van der Waals surface area contributed by atoms with Crippen molar-refractivity contribution in [3.8, 4) is 5.69 Å². The maximum Gasteiger partial charge on any atom is 0.280 e. The molecule has 4 aromatic rings. The highest BCUT2D eigenvalue weighted by Crippen LogP contribution is 2.16. The van der Waals surface area contributed by atoms with E-state index in [1.54, 1.807) is 15.7 Å². The van der Waals surface area contributed by atoms with Crippen LogP contribution >= 0.6 is 0 Å². The fourth-order valence-electron chi connectivity index (χ4n) is 3.16. The Morgan fingerprint density at radius 3 is 2.54 bits per heavy atom. The zero-order valence-corrected chi connectivity index (χ0v) is 15.7. The molecule has 0 aliphatic heterocycles. The number of benzene rings is 2. The van der Waals surface area contributed by atoms with Crippen molar-refractivity contribution >= 4 is 11.4 Å². The summed E-state index contributed by atoms with van der Waals surface area (Å²) in [6.45, 7) is 4.40. The highest BCUT2D eigenvalue weighted by atomic mass is 16.1. The number of aliphatic imine (C=N–C) groups is 1. The first kappa shape index (κ1) is 17.7. The SMILES string of the molecule is CC(=Nc1ccc(Cn2cncn2)cc1)c1c(C)[nH]n(-c2ccccc2)c1=O. The minimum atomic E-state index is -0.104. The van der Waals surface area contributed by atoms with Crippen LogP contribution in [0.25, 0.3) is 5.69 Å². The van der Waals surface area contributed by atoms with Crippen molar-refractivity contribution in [2.24, 2.45) is 4.99 Å². The van der Waals surface area contributed by atoms with Gasteiger partial charge < -0.3 is 0 Å². The molecule has 2 heterocycles. The predicted molar refractivity (Wildman–Crippen MR) is 109 cm³/mol. The van der Waals surface area contributed by atoms with Gasteiger partial charge in [0.1, 0.15) is 12.7 Å². The van der Waals surface area contributed by atoms with Crippen LogP contribution in [0.15, 0.2) is 77.0 Å². The number of aromatic amines is 1. The van der Waals surface area contributed by atoms with Gasteiger partial charge in [0.05, 0.1) is 29.2 Å². The molecular formula is C21H20N6O. The zero-order chi connectivity index (χ0) is 19.5. The first-order chi connectivity index (χ1) is 13.6. The summed E-state index contributed by atoms with van der Waals surface area (Å²) >= 11 is 0. The normalized spacial score (nSPS) is 11.7. The van der Waals surface area contributed by atoms with Crippen LogP contribution in [0.3, 0.4) is 0 Å². The maximum absolute atomic E-state index is 12.9. The van der Waals surface area contributed by atoms with E-state index in [2.05, 4.69) is 20.2 Å². The molecule has 140 valence electrons. The lowest BCUT2D eigenvalue weighted by molar-refractivity contribution is 0.685. The van der Waals surface area contributed by atoms with E-state index in [1.165, 1.54) is 6.33 Å². The standard InChI is InChI=1S/C21H20N6O/c1-15(20-16(2)25-27(21(20)28)19-6-4-3-5-7-19)24-18-10-8-17(9-11-18)12-26-14-22-13-23-26/h3-11,13-14,25H,12H2,1-2H3. The molecule has 2 aromatic carbocycles. The molecular weight excluding hydrogens is 352 g/mol. The van der Waals surface area contributed by atoms with Gasteiger partial charge in [-0.3, -0.25) is 14.9 Å². The van der Waals surface area contributed by atoms with Crippen molar-refractivity contribution in [3.05, 3.63) is 94.4 Å². The van der Waals surface area contributed by atoms with E-state index in [-0.39, 0.29) is 5.56 Å². The Morgan fingerprint density at radius 1 is 1.11 bits per heavy atom. The van der Waals surface area contributed by atoms with Crippen LogP contribution in [-0.2, 0) is 6.54 Å². The summed E-state index contributed by atoms with van der Waals surface area (Å²) < 4.78 is 3.31. The number of nitrogens with zero attached hydrogens (tertiary/aromatic N) is 5. The van der Waals surface area contributed by atoms with Crippen LogP contribution in [0, 0.1) is 6.92 Å². The molecule has 0 atom stereocenters. The summed E-state index contributed by atoms with van der Waals surface area (Å²) in [7, 11) is 0. The molecule has 4 rings (SSSR count). The van der Waals surface area contributed by atoms with Gasteiger partial charge in [-0.15, -0.1) is 0 Å². The topological polar surface area (TPSA) is 80.9 Å². The number of H-pyrrole nitrogens is 1. The third-order valence-electron chi connectivity index (χ3n) is 4.49. The van der Waals surface area contributed by atoms with Crippen LogP contribution in [0.1, 0.15) is 23.7 Å². The molecule has 0 bridgehead atoms. The van der Waals surface area contributed by atoms with E-state index in [0.29, 0.717) is 17.8 Å². The van der Waals surface area contributed by atoms with Crippen LogP contribution < -0.4 is 5.56 Å². The highest BCUT2D eigenvalue weighted by molar-refractivity contribution is 6.00. The number of para-hydroxylation sites is 1. The molecule has 0 fully saturated rings. The molecule has 0 saturated carbocycles. The zero-order valence-electron chi connectivity index (χ0n) is 15.7. The van der Waals surface area contributed by atoms with Crippen molar-refractivity contribution in [1.82, 2.24) is 24.5 Å². The summed E-state index contributed by atoms with van der Waals surface area (Å²) in [6.07, 6.45) is 3.20. The van der Waals surface area contributed by atoms with Gasteiger partial charge >= 0.3 is 0 Å². The first-order valence-electron chi connectivity index (χ1n) is 8.96. The van der Waals surface area contributed by atoms with Gasteiger partial charge in [0, 0.05) is 5.69 Å². The molecule has 0 unspecified atom stereocenters. The van der Waals surface area contributed by atoms with E-state index in [9.17, 15) is 4.79 Å². The largest absolute Gasteiger partial charge is 0.295 e. The van der Waals surface area contributed by atoms with Crippen LogP contribution in [-0.4, -0.2) is 30.3 Å². The fraction of sp³-hybridized carbons (Fsp3) is 0.143. The van der Waals surface area contributed by atoms with Crippen molar-refractivity contribution in [3.63, 3.8) is 0 Å². The summed E-state index contributed by atoms with van der Waals surface area (Å²) in [5.41, 5.74) is 4.66. The first-order valence-corrected chi connectivity index (χ1v) is 8.96. The minimum Gasteiger partial charge on any atom is -0.295 e. The van der Waals surface area contributed by atoms with E-state index >= 15 is 0 Å². The quantitative estimate of drug-likeness (QED) is 0.546. The fourth-order valence-corrected chi connectivity index (χ4v) is 3.16. The Kier molecular flexibility index (Phi) is 4.72. The molecule has 0 spiro atoms. The lowest BCUT2D eigenvalue weighted by Gasteiger charge is -2.03. The number of aromatic nitrogens is 5. The monoisotopic (exact) mass is 372 g/mol. The number of nitrogens with one attached hydrogen (secondary N) is 1. The van der Waals surface area contributed by atoms with Gasteiger partial charge in [0.2, 0.25) is 0 Å². The van der Waals surface area contributed by atoms with E-state index in [0.717, 1.165) is 22.6 Å². The van der Waals surface area contributed by atoms with E-state index in [1.807, 2.05) is 68.4 Å². The molecule has 2 aromatic heterocycles. The average Bonchev–Trinajstić information content (AvgIpc) is 3.31. The van der Waals surface area contributed by atoms with Crippen molar-refractivity contribution < 1.29 is 0 Å². The van der Waals surface area contributed by atoms with Gasteiger partial charge in [-0.25, -0.2) is 14.3 Å². The molecule has 0 amide bonds. The summed E-state index contributed by atoms with van der Waals surface area (Å²) in [4.78, 5) is 21.5. The predicted octanol–water partition coefficient (Wildman–Crippen LogP) is 3.25. The summed E-state index contributed by atoms with van der Waals surface area (Å²) in [5.74, 6) is 0.